The van der Waals surface area contributed by atoms with Crippen molar-refractivity contribution in [3.8, 4) is 0 Å². The van der Waals surface area contributed by atoms with Crippen LogP contribution in [0.5, 0.6) is 0 Å². The lowest BCUT2D eigenvalue weighted by Crippen LogP contribution is -2.51. The highest BCUT2D eigenvalue weighted by atomic mass is 32.2. The predicted octanol–water partition coefficient (Wildman–Crippen LogP) is 12.3. The van der Waals surface area contributed by atoms with Crippen molar-refractivity contribution in [3.63, 3.8) is 0 Å². The largest absolute Gasteiger partial charge is 0.294 e. The lowest BCUT2D eigenvalue weighted by Gasteiger charge is -2.48. The molecule has 3 aliphatic heterocycles. The average molecular weight is 715 g/mol. The normalized spacial score (nSPS) is 53.8. The molecule has 51 heavy (non-hydrogen) atoms. The van der Waals surface area contributed by atoms with E-state index in [2.05, 4.69) is 21.6 Å². The third-order valence-electron chi connectivity index (χ3n) is 20.0. The van der Waals surface area contributed by atoms with Gasteiger partial charge in [0.1, 0.15) is 0 Å². The lowest BCUT2D eigenvalue weighted by atomic mass is 9.62. The van der Waals surface area contributed by atoms with E-state index in [1.807, 2.05) is 0 Å². The number of thioether (sulfide) groups is 1. The quantitative estimate of drug-likeness (QED) is 0.286. The summed E-state index contributed by atoms with van der Waals surface area (Å²) in [4.78, 5) is 6.72. The van der Waals surface area contributed by atoms with E-state index in [4.69, 9.17) is 0 Å². The molecule has 2 nitrogen and oxygen atoms in total. The summed E-state index contributed by atoms with van der Waals surface area (Å²) in [6.07, 6.45) is 47.0. The van der Waals surface area contributed by atoms with Crippen molar-refractivity contribution in [1.82, 2.24) is 9.80 Å². The Kier molecular flexibility index (Phi) is 9.91. The van der Waals surface area contributed by atoms with Gasteiger partial charge in [-0.05, 0) is 168 Å². The summed E-state index contributed by atoms with van der Waals surface area (Å²) in [5, 5.41) is 2.08. The van der Waals surface area contributed by atoms with Gasteiger partial charge in [-0.1, -0.05) is 83.5 Å². The second-order valence-corrected chi connectivity index (χ2v) is 23.3. The van der Waals surface area contributed by atoms with Gasteiger partial charge in [-0.15, -0.1) is 0 Å². The highest BCUT2D eigenvalue weighted by Crippen LogP contribution is 2.60. The molecule has 11 fully saturated rings. The van der Waals surface area contributed by atoms with Gasteiger partial charge >= 0.3 is 0 Å². The maximum atomic E-state index is 3.37. The van der Waals surface area contributed by atoms with Crippen molar-refractivity contribution < 1.29 is 0 Å². The van der Waals surface area contributed by atoms with Gasteiger partial charge in [0.15, 0.2) is 0 Å². The van der Waals surface area contributed by atoms with E-state index in [0.29, 0.717) is 0 Å². The average Bonchev–Trinajstić information content (AvgIpc) is 3.85. The van der Waals surface area contributed by atoms with Crippen molar-refractivity contribution in [1.29, 1.82) is 0 Å². The van der Waals surface area contributed by atoms with Crippen molar-refractivity contribution in [2.24, 2.45) is 59.2 Å². The van der Waals surface area contributed by atoms with Crippen LogP contribution in [0.1, 0.15) is 193 Å². The SMILES string of the molecule is C1CCC(C2CCCC(N3C4CCCCC4C4CC(C5CCC6C(C5)C5CCCCC5N6C5CCC6SC7CCCCC7C6C5)CCC43)C2)CC1. The molecule has 8 saturated carbocycles. The second-order valence-electron chi connectivity index (χ2n) is 21.8. The Morgan fingerprint density at radius 2 is 0.784 bits per heavy atom. The Bertz CT molecular complexity index is 1200. The van der Waals surface area contributed by atoms with Crippen molar-refractivity contribution in [3.05, 3.63) is 0 Å². The van der Waals surface area contributed by atoms with E-state index in [1.165, 1.54) is 38.5 Å². The fourth-order valence-corrected chi connectivity index (χ4v) is 20.2. The van der Waals surface area contributed by atoms with Gasteiger partial charge < -0.3 is 0 Å². The number of fused-ring (bicyclic) bond motifs is 9. The molecular weight excluding hydrogens is 637 g/mol. The third kappa shape index (κ3) is 6.13. The molecule has 0 aromatic rings. The highest BCUT2D eigenvalue weighted by Gasteiger charge is 2.58. The Labute approximate surface area is 318 Å². The first-order chi connectivity index (χ1) is 25.3. The summed E-state index contributed by atoms with van der Waals surface area (Å²) in [6.45, 7) is 0. The summed E-state index contributed by atoms with van der Waals surface area (Å²) < 4.78 is 0. The molecule has 3 heteroatoms. The molecule has 0 aromatic carbocycles. The van der Waals surface area contributed by atoms with Crippen LogP contribution in [0.25, 0.3) is 0 Å². The van der Waals surface area contributed by atoms with Crippen molar-refractivity contribution in [2.45, 2.75) is 239 Å². The van der Waals surface area contributed by atoms with Gasteiger partial charge in [-0.2, -0.15) is 11.8 Å². The van der Waals surface area contributed by atoms with Crippen LogP contribution in [-0.4, -0.2) is 56.6 Å². The summed E-state index contributed by atoms with van der Waals surface area (Å²) in [7, 11) is 0. The first kappa shape index (κ1) is 34.5. The third-order valence-corrected chi connectivity index (χ3v) is 21.8. The van der Waals surface area contributed by atoms with E-state index in [0.717, 1.165) is 106 Å². The zero-order chi connectivity index (χ0) is 33.5. The van der Waals surface area contributed by atoms with Crippen LogP contribution in [0.15, 0.2) is 0 Å². The zero-order valence-corrected chi connectivity index (χ0v) is 33.7. The van der Waals surface area contributed by atoms with Gasteiger partial charge in [0.25, 0.3) is 0 Å². The molecule has 0 N–H and O–H groups in total. The second kappa shape index (κ2) is 14.6. The van der Waals surface area contributed by atoms with E-state index in [1.54, 1.807) is 154 Å². The van der Waals surface area contributed by atoms with Crippen LogP contribution in [0.2, 0.25) is 0 Å². The minimum atomic E-state index is 0.949. The van der Waals surface area contributed by atoms with Gasteiger partial charge in [0.2, 0.25) is 0 Å². The first-order valence-electron chi connectivity index (χ1n) is 24.5. The molecule has 11 rings (SSSR count). The number of rotatable bonds is 4. The Morgan fingerprint density at radius 1 is 0.275 bits per heavy atom. The van der Waals surface area contributed by atoms with Crippen LogP contribution in [0.4, 0.5) is 0 Å². The van der Waals surface area contributed by atoms with E-state index in [9.17, 15) is 0 Å². The summed E-state index contributed by atoms with van der Waals surface area (Å²) in [5.74, 6) is 10.7. The van der Waals surface area contributed by atoms with Crippen molar-refractivity contribution >= 4 is 11.8 Å². The molecule has 0 radical (unpaired) electrons. The van der Waals surface area contributed by atoms with Gasteiger partial charge in [0.05, 0.1) is 0 Å². The molecule has 286 valence electrons. The number of hydrogen-bond acceptors (Lipinski definition) is 3. The molecule has 17 unspecified atom stereocenters. The highest BCUT2D eigenvalue weighted by molar-refractivity contribution is 8.00. The van der Waals surface area contributed by atoms with E-state index >= 15 is 0 Å². The van der Waals surface area contributed by atoms with Gasteiger partial charge in [-0.3, -0.25) is 9.80 Å². The summed E-state index contributed by atoms with van der Waals surface area (Å²) >= 11 is 2.49. The van der Waals surface area contributed by atoms with Crippen LogP contribution in [0.3, 0.4) is 0 Å². The van der Waals surface area contributed by atoms with Gasteiger partial charge in [-0.25, -0.2) is 0 Å². The topological polar surface area (TPSA) is 6.48 Å². The zero-order valence-electron chi connectivity index (χ0n) is 32.9. The van der Waals surface area contributed by atoms with Crippen LogP contribution < -0.4 is 0 Å². The fraction of sp³-hybridized carbons (Fsp3) is 1.00. The smallest absolute Gasteiger partial charge is 0.0133 e. The van der Waals surface area contributed by atoms with Crippen LogP contribution in [-0.2, 0) is 0 Å². The monoisotopic (exact) mass is 715 g/mol. The maximum Gasteiger partial charge on any atom is 0.0133 e. The maximum absolute atomic E-state index is 3.37. The fourth-order valence-electron chi connectivity index (χ4n) is 18.1. The molecular formula is C48H78N2S. The molecule has 0 spiro atoms. The number of likely N-dealkylation sites (tertiary alicyclic amines) is 2. The first-order valence-corrected chi connectivity index (χ1v) is 25.4. The molecule has 0 amide bonds. The molecule has 0 aromatic heterocycles. The summed E-state index contributed by atoms with van der Waals surface area (Å²) in [5.41, 5.74) is 0. The Hall–Kier alpha value is 0.270. The Balaban J connectivity index is 0.779. The molecule has 3 saturated heterocycles. The molecule has 8 aliphatic carbocycles. The predicted molar refractivity (Wildman–Crippen MR) is 215 cm³/mol. The van der Waals surface area contributed by atoms with E-state index < -0.39 is 0 Å². The number of nitrogens with zero attached hydrogens (tertiary/aromatic N) is 2. The molecule has 17 atom stereocenters. The lowest BCUT2D eigenvalue weighted by molar-refractivity contribution is 0.0166. The number of hydrogen-bond donors (Lipinski definition) is 0. The standard InChI is InChI=1S/C48H78N2S/c1-2-11-31(12-3-1)32-13-10-14-35(27-32)49-43-18-7-4-15-37(43)40-28-33(21-24-45(40)49)34-22-25-46-41(29-34)38-16-5-8-19-44(38)50(46)36-23-26-48-42(30-36)39-17-6-9-20-47(39)51-48/h31-48H,1-30H2. The molecule has 3 heterocycles. The van der Waals surface area contributed by atoms with Crippen molar-refractivity contribution in [2.75, 3.05) is 0 Å². The molecule has 11 aliphatic rings. The minimum Gasteiger partial charge on any atom is -0.294 e. The summed E-state index contributed by atoms with van der Waals surface area (Å²) in [6, 6.07) is 5.79. The van der Waals surface area contributed by atoms with Crippen LogP contribution >= 0.6 is 11.8 Å². The van der Waals surface area contributed by atoms with E-state index in [-0.39, 0.29) is 0 Å². The molecule has 0 bridgehead atoms. The Morgan fingerprint density at radius 3 is 1.47 bits per heavy atom. The van der Waals surface area contributed by atoms with Gasteiger partial charge in [0, 0.05) is 46.8 Å². The van der Waals surface area contributed by atoms with Crippen LogP contribution in [0, 0.1) is 59.2 Å². The minimum absolute atomic E-state index is 0.949.